The normalized spacial score (nSPS) is 10.5. The minimum Gasteiger partial charge on any atom is -0.343 e. The second-order valence-corrected chi connectivity index (χ2v) is 5.27. The number of amides is 2. The Morgan fingerprint density at radius 2 is 1.96 bits per heavy atom. The highest BCUT2D eigenvalue weighted by Gasteiger charge is 2.09. The molecule has 0 saturated heterocycles. The Morgan fingerprint density at radius 3 is 2.78 bits per heavy atom. The molecule has 1 aromatic heterocycles. The van der Waals surface area contributed by atoms with Gasteiger partial charge in [-0.1, -0.05) is 29.8 Å². The number of rotatable bonds is 4. The number of nitrogens with zero attached hydrogens (tertiary/aromatic N) is 2. The van der Waals surface area contributed by atoms with Crippen molar-refractivity contribution in [3.63, 3.8) is 0 Å². The molecule has 6 nitrogen and oxygen atoms in total. The summed E-state index contributed by atoms with van der Waals surface area (Å²) in [6.07, 6.45) is 1.52. The van der Waals surface area contributed by atoms with E-state index in [1.54, 1.807) is 18.2 Å². The predicted octanol–water partition coefficient (Wildman–Crippen LogP) is 2.19. The zero-order chi connectivity index (χ0) is 16.2. The molecule has 0 unspecified atom stereocenters. The van der Waals surface area contributed by atoms with Crippen molar-refractivity contribution >= 4 is 34.4 Å². The summed E-state index contributed by atoms with van der Waals surface area (Å²) in [4.78, 5) is 28.1. The average molecular weight is 329 g/mol. The maximum Gasteiger partial charge on any atom is 0.258 e. The molecule has 23 heavy (non-hydrogen) atoms. The molecule has 2 N–H and O–H groups in total. The second-order valence-electron chi connectivity index (χ2n) is 4.83. The number of carbonyl (C=O) groups is 2. The molecule has 0 aliphatic heterocycles. The molecular formula is C16H13ClN4O2. The average Bonchev–Trinajstić information content (AvgIpc) is 2.96. The fourth-order valence-corrected chi connectivity index (χ4v) is 2.30. The summed E-state index contributed by atoms with van der Waals surface area (Å²) in [5, 5.41) is 3.01. The molecule has 2 amide bonds. The molecule has 0 aliphatic rings. The third-order valence-electron chi connectivity index (χ3n) is 3.20. The highest BCUT2D eigenvalue weighted by Crippen LogP contribution is 2.11. The van der Waals surface area contributed by atoms with Crippen molar-refractivity contribution in [1.82, 2.24) is 15.0 Å². The first kappa shape index (κ1) is 15.1. The van der Waals surface area contributed by atoms with E-state index in [2.05, 4.69) is 15.7 Å². The highest BCUT2D eigenvalue weighted by molar-refractivity contribution is 6.31. The van der Waals surface area contributed by atoms with E-state index < -0.39 is 0 Å². The fraction of sp³-hybridized carbons (Fsp3) is 0.0625. The number of imidazole rings is 1. The van der Waals surface area contributed by atoms with Crippen molar-refractivity contribution in [2.24, 2.45) is 0 Å². The summed E-state index contributed by atoms with van der Waals surface area (Å²) >= 11 is 5.83. The number of aromatic nitrogens is 2. The van der Waals surface area contributed by atoms with E-state index >= 15 is 0 Å². The number of hydrogen-bond donors (Lipinski definition) is 2. The number of fused-ring (bicyclic) bond motifs is 1. The van der Waals surface area contributed by atoms with Gasteiger partial charge in [-0.2, -0.15) is 0 Å². The molecule has 0 radical (unpaired) electrons. The molecule has 0 spiro atoms. The Morgan fingerprint density at radius 1 is 1.13 bits per heavy atom. The van der Waals surface area contributed by atoms with E-state index in [-0.39, 0.29) is 18.4 Å². The maximum absolute atomic E-state index is 12.0. The van der Waals surface area contributed by atoms with Crippen molar-refractivity contribution in [2.75, 3.05) is 12.0 Å². The summed E-state index contributed by atoms with van der Waals surface area (Å²) in [7, 11) is 0. The smallest absolute Gasteiger partial charge is 0.258 e. The quantitative estimate of drug-likeness (QED) is 0.771. The highest BCUT2D eigenvalue weighted by atomic mass is 35.5. The summed E-state index contributed by atoms with van der Waals surface area (Å²) in [5.41, 5.74) is 4.61. The van der Waals surface area contributed by atoms with Crippen LogP contribution in [0.2, 0.25) is 5.02 Å². The fourth-order valence-electron chi connectivity index (χ4n) is 2.11. The van der Waals surface area contributed by atoms with Crippen LogP contribution in [0.15, 0.2) is 54.9 Å². The number of hydrogen-bond acceptors (Lipinski definition) is 3. The lowest BCUT2D eigenvalue weighted by Crippen LogP contribution is -2.35. The van der Waals surface area contributed by atoms with E-state index in [9.17, 15) is 9.59 Å². The van der Waals surface area contributed by atoms with Gasteiger partial charge < -0.3 is 5.32 Å². The van der Waals surface area contributed by atoms with Gasteiger partial charge >= 0.3 is 0 Å². The van der Waals surface area contributed by atoms with Crippen LogP contribution in [0, 0.1) is 0 Å². The SMILES string of the molecule is O=C(CNC(=O)c1cccc(Cl)c1)Nn1cnc2ccccc21. The van der Waals surface area contributed by atoms with Crippen LogP contribution in [-0.4, -0.2) is 28.0 Å². The first-order chi connectivity index (χ1) is 11.1. The monoisotopic (exact) mass is 328 g/mol. The minimum atomic E-state index is -0.363. The van der Waals surface area contributed by atoms with E-state index in [0.29, 0.717) is 10.6 Å². The molecule has 0 atom stereocenters. The van der Waals surface area contributed by atoms with Crippen molar-refractivity contribution in [3.05, 3.63) is 65.4 Å². The van der Waals surface area contributed by atoms with Crippen molar-refractivity contribution in [1.29, 1.82) is 0 Å². The molecule has 0 fully saturated rings. The molecule has 3 aromatic rings. The summed E-state index contributed by atoms with van der Waals surface area (Å²) in [6, 6.07) is 13.9. The van der Waals surface area contributed by atoms with Crippen LogP contribution in [0.25, 0.3) is 11.0 Å². The van der Waals surface area contributed by atoms with Gasteiger partial charge in [0.2, 0.25) is 0 Å². The van der Waals surface area contributed by atoms with Crippen LogP contribution < -0.4 is 10.7 Å². The van der Waals surface area contributed by atoms with Crippen LogP contribution >= 0.6 is 11.6 Å². The van der Waals surface area contributed by atoms with Crippen LogP contribution in [0.5, 0.6) is 0 Å². The summed E-state index contributed by atoms with van der Waals surface area (Å²) < 4.78 is 1.52. The van der Waals surface area contributed by atoms with Gasteiger partial charge in [0, 0.05) is 10.6 Å². The summed E-state index contributed by atoms with van der Waals surface area (Å²) in [5.74, 6) is -0.721. The Hall–Kier alpha value is -2.86. The van der Waals surface area contributed by atoms with Gasteiger partial charge in [-0.15, -0.1) is 0 Å². The number of halogens is 1. The Labute approximate surface area is 137 Å². The Kier molecular flexibility index (Phi) is 4.25. The third-order valence-corrected chi connectivity index (χ3v) is 3.43. The Bertz CT molecular complexity index is 875. The van der Waals surface area contributed by atoms with Crippen molar-refractivity contribution < 1.29 is 9.59 Å². The van der Waals surface area contributed by atoms with Crippen LogP contribution in [0.1, 0.15) is 10.4 Å². The number of carbonyl (C=O) groups excluding carboxylic acids is 2. The van der Waals surface area contributed by atoms with Crippen LogP contribution in [0.3, 0.4) is 0 Å². The van der Waals surface area contributed by atoms with E-state index in [1.165, 1.54) is 17.1 Å². The lowest BCUT2D eigenvalue weighted by atomic mass is 10.2. The first-order valence-electron chi connectivity index (χ1n) is 6.89. The minimum absolute atomic E-state index is 0.155. The molecule has 0 aliphatic carbocycles. The second kappa shape index (κ2) is 6.50. The maximum atomic E-state index is 12.0. The number of para-hydroxylation sites is 2. The van der Waals surface area contributed by atoms with Gasteiger partial charge in [-0.05, 0) is 30.3 Å². The van der Waals surface area contributed by atoms with Crippen molar-refractivity contribution in [2.45, 2.75) is 0 Å². The van der Waals surface area contributed by atoms with E-state index in [0.717, 1.165) is 11.0 Å². The number of benzene rings is 2. The molecule has 116 valence electrons. The molecule has 7 heteroatoms. The molecule has 0 bridgehead atoms. The zero-order valence-corrected chi connectivity index (χ0v) is 12.7. The summed E-state index contributed by atoms with van der Waals surface area (Å²) in [6.45, 7) is -0.155. The van der Waals surface area contributed by atoms with Crippen LogP contribution in [0.4, 0.5) is 0 Å². The van der Waals surface area contributed by atoms with Gasteiger partial charge in [-0.3, -0.25) is 15.0 Å². The van der Waals surface area contributed by atoms with Gasteiger partial charge in [0.1, 0.15) is 6.33 Å². The predicted molar refractivity (Wildman–Crippen MR) is 87.9 cm³/mol. The molecule has 0 saturated carbocycles. The standard InChI is InChI=1S/C16H13ClN4O2/c17-12-5-3-4-11(8-12)16(23)18-9-15(22)20-21-10-19-13-6-1-2-7-14(13)21/h1-8,10H,9H2,(H,18,23)(H,20,22). The molecule has 3 rings (SSSR count). The van der Waals surface area contributed by atoms with E-state index in [4.69, 9.17) is 11.6 Å². The van der Waals surface area contributed by atoms with Gasteiger partial charge in [0.25, 0.3) is 11.8 Å². The van der Waals surface area contributed by atoms with Gasteiger partial charge in [0.05, 0.1) is 17.6 Å². The largest absolute Gasteiger partial charge is 0.343 e. The van der Waals surface area contributed by atoms with Crippen molar-refractivity contribution in [3.8, 4) is 0 Å². The number of nitrogens with one attached hydrogen (secondary N) is 2. The first-order valence-corrected chi connectivity index (χ1v) is 7.27. The van der Waals surface area contributed by atoms with E-state index in [1.807, 2.05) is 24.3 Å². The topological polar surface area (TPSA) is 76.0 Å². The third kappa shape index (κ3) is 3.49. The lowest BCUT2D eigenvalue weighted by molar-refractivity contribution is -0.116. The van der Waals surface area contributed by atoms with Gasteiger partial charge in [-0.25, -0.2) is 9.66 Å². The molecule has 1 heterocycles. The molecule has 2 aromatic carbocycles. The lowest BCUT2D eigenvalue weighted by Gasteiger charge is -2.08. The molecular weight excluding hydrogens is 316 g/mol. The zero-order valence-electron chi connectivity index (χ0n) is 12.0. The van der Waals surface area contributed by atoms with Gasteiger partial charge in [0.15, 0.2) is 0 Å². The Balaban J connectivity index is 1.60. The van der Waals surface area contributed by atoms with Crippen LogP contribution in [-0.2, 0) is 4.79 Å².